The molecule has 2 aliphatic carbocycles. The minimum absolute atomic E-state index is 0.0616. The smallest absolute Gasteiger partial charge is 0.208 e. The van der Waals surface area contributed by atoms with Gasteiger partial charge in [0.15, 0.2) is 29.1 Å². The van der Waals surface area contributed by atoms with Gasteiger partial charge in [-0.15, -0.1) is 0 Å². The zero-order chi connectivity index (χ0) is 62.2. The van der Waals surface area contributed by atoms with Crippen molar-refractivity contribution in [1.82, 2.24) is 29.9 Å². The van der Waals surface area contributed by atoms with Crippen LogP contribution in [0.25, 0.3) is 144 Å². The summed E-state index contributed by atoms with van der Waals surface area (Å²) >= 11 is 6.11. The van der Waals surface area contributed by atoms with Crippen LogP contribution >= 0.6 is 11.6 Å². The summed E-state index contributed by atoms with van der Waals surface area (Å²) in [6.07, 6.45) is 0. The lowest BCUT2D eigenvalue weighted by atomic mass is 9.82. The summed E-state index contributed by atoms with van der Waals surface area (Å²) in [5, 5.41) is 15.2. The minimum atomic E-state index is -0.0621. The lowest BCUT2D eigenvalue weighted by Gasteiger charge is -2.21. The van der Waals surface area contributed by atoms with Crippen LogP contribution in [-0.2, 0) is 10.8 Å². The second kappa shape index (κ2) is 22.5. The molecule has 18 rings (SSSR count). The molecule has 0 saturated heterocycles. The Morgan fingerprint density at radius 3 is 1.09 bits per heavy atom. The highest BCUT2D eigenvalue weighted by Crippen LogP contribution is 2.54. The fraction of sp³-hybridized carbons (Fsp3) is 0.0824. The molecule has 0 N–H and O–H groups in total. The monoisotopic (exact) mass is 1200 g/mol. The number of aromatic nitrogens is 6. The van der Waals surface area contributed by atoms with Crippen LogP contribution in [0.4, 0.5) is 0 Å². The van der Waals surface area contributed by atoms with Crippen LogP contribution in [0, 0.1) is 6.92 Å². The Morgan fingerprint density at radius 1 is 0.261 bits per heavy atom. The van der Waals surface area contributed by atoms with E-state index in [0.29, 0.717) is 29.1 Å². The number of aryl methyl sites for hydroxylation is 1. The second-order valence-corrected chi connectivity index (χ2v) is 25.6. The lowest BCUT2D eigenvalue weighted by molar-refractivity contribution is 0.660. The molecule has 0 unspecified atom stereocenters. The maximum absolute atomic E-state index is 6.11. The van der Waals surface area contributed by atoms with E-state index >= 15 is 0 Å². The third kappa shape index (κ3) is 9.83. The van der Waals surface area contributed by atoms with Crippen LogP contribution in [0.5, 0.6) is 0 Å². The second-order valence-electron chi connectivity index (χ2n) is 25.2. The van der Waals surface area contributed by atoms with Crippen LogP contribution < -0.4 is 0 Å². The van der Waals surface area contributed by atoms with E-state index in [1.165, 1.54) is 104 Å². The Hall–Kier alpha value is -11.1. The van der Waals surface area contributed by atoms with Crippen LogP contribution in [0.3, 0.4) is 0 Å². The summed E-state index contributed by atoms with van der Waals surface area (Å²) in [7, 11) is 0. The first-order valence-corrected chi connectivity index (χ1v) is 31.7. The SMILES string of the molecule is CC1(C)c2ccccc2-c2c1ccc1ccc3ccc(-c4nc(-c5ccccc5)nc(-c5ccc6ccccc6c5)n4)cc3c21.Cc1ccc2ccc3ccc4c(c3c2c1)-c1ccccc1C4(C)C.Clc1nc(-c2ccccc2)nc(-c2ccc3ccccc3c2)n1. The molecule has 0 spiro atoms. The summed E-state index contributed by atoms with van der Waals surface area (Å²) < 4.78 is 0. The van der Waals surface area contributed by atoms with Gasteiger partial charge in [0.1, 0.15) is 0 Å². The molecule has 0 atom stereocenters. The molecule has 0 saturated carbocycles. The van der Waals surface area contributed by atoms with Crippen molar-refractivity contribution in [2.45, 2.75) is 45.4 Å². The largest absolute Gasteiger partial charge is 0.226 e. The highest BCUT2D eigenvalue weighted by molar-refractivity contribution is 6.28. The normalized spacial score (nSPS) is 13.1. The predicted octanol–water partition coefficient (Wildman–Crippen LogP) is 22.3. The van der Waals surface area contributed by atoms with Crippen LogP contribution in [0.1, 0.15) is 55.5 Å². The average molecular weight is 1200 g/mol. The van der Waals surface area contributed by atoms with E-state index in [1.807, 2.05) is 66.7 Å². The molecule has 6 nitrogen and oxygen atoms in total. The Kier molecular flexibility index (Phi) is 13.7. The van der Waals surface area contributed by atoms with Crippen molar-refractivity contribution in [2.75, 3.05) is 0 Å². The lowest BCUT2D eigenvalue weighted by Crippen LogP contribution is -2.14. The number of hydrogen-bond donors (Lipinski definition) is 0. The fourth-order valence-corrected chi connectivity index (χ4v) is 14.3. The van der Waals surface area contributed by atoms with Gasteiger partial charge in [0, 0.05) is 38.6 Å². The van der Waals surface area contributed by atoms with Crippen molar-refractivity contribution in [3.05, 3.63) is 312 Å². The molecule has 92 heavy (non-hydrogen) atoms. The Balaban J connectivity index is 0.000000121. The highest BCUT2D eigenvalue weighted by atomic mass is 35.5. The maximum Gasteiger partial charge on any atom is 0.226 e. The van der Waals surface area contributed by atoms with Gasteiger partial charge in [-0.2, -0.15) is 9.97 Å². The van der Waals surface area contributed by atoms with Crippen molar-refractivity contribution in [3.8, 4) is 79.2 Å². The quantitative estimate of drug-likeness (QED) is 0.160. The standard InChI is InChI=1S/C42H29N3.C24H20.C19H12ClN3/c1-42(2)35-15-9-8-14-33(35)38-36(42)23-22-28-19-17-27-18-21-32(25-34(27)37(28)38)41-44-39(29-11-4-3-5-12-29)43-40(45-41)31-20-16-26-10-6-7-13-30(26)24-31;1-15-8-9-16-10-11-17-12-13-21-23(22(17)19(16)14-15)18-6-4-5-7-20(18)24(21,2)3;20-19-22-17(14-7-2-1-3-8-14)21-18(23-19)16-11-10-13-6-4-5-9-15(13)12-16/h3-25H,1-2H3;4-14H,1-3H3;1-12H. The van der Waals surface area contributed by atoms with Crippen molar-refractivity contribution in [3.63, 3.8) is 0 Å². The molecular formula is C85H61ClN6. The van der Waals surface area contributed by atoms with Crippen molar-refractivity contribution in [2.24, 2.45) is 0 Å². The number of nitrogens with zero attached hydrogens (tertiary/aromatic N) is 6. The van der Waals surface area contributed by atoms with E-state index in [9.17, 15) is 0 Å². The van der Waals surface area contributed by atoms with Crippen molar-refractivity contribution in [1.29, 1.82) is 0 Å². The number of hydrogen-bond acceptors (Lipinski definition) is 6. The van der Waals surface area contributed by atoms with E-state index in [1.54, 1.807) is 0 Å². The van der Waals surface area contributed by atoms with E-state index in [0.717, 1.165) is 38.6 Å². The molecule has 2 aromatic heterocycles. The summed E-state index contributed by atoms with van der Waals surface area (Å²) in [4.78, 5) is 28.2. The van der Waals surface area contributed by atoms with Gasteiger partial charge in [0.25, 0.3) is 0 Å². The molecule has 7 heteroatoms. The summed E-state index contributed by atoms with van der Waals surface area (Å²) in [5.41, 5.74) is 17.2. The minimum Gasteiger partial charge on any atom is -0.208 e. The molecule has 0 aliphatic heterocycles. The fourth-order valence-electron chi connectivity index (χ4n) is 14.1. The third-order valence-electron chi connectivity index (χ3n) is 18.8. The zero-order valence-electron chi connectivity index (χ0n) is 51.6. The molecule has 0 bridgehead atoms. The zero-order valence-corrected chi connectivity index (χ0v) is 52.4. The van der Waals surface area contributed by atoms with E-state index in [4.69, 9.17) is 26.6 Å². The van der Waals surface area contributed by atoms with Gasteiger partial charge in [0.05, 0.1) is 0 Å². The summed E-state index contributed by atoms with van der Waals surface area (Å²) in [5.74, 6) is 3.15. The molecule has 2 aliphatic rings. The highest BCUT2D eigenvalue weighted by Gasteiger charge is 2.38. The van der Waals surface area contributed by atoms with Gasteiger partial charge >= 0.3 is 0 Å². The number of benzene rings is 14. The predicted molar refractivity (Wildman–Crippen MR) is 383 cm³/mol. The molecule has 438 valence electrons. The maximum atomic E-state index is 6.11. The van der Waals surface area contributed by atoms with Crippen molar-refractivity contribution >= 4 is 76.2 Å². The average Bonchev–Trinajstić information content (AvgIpc) is 1.55. The van der Waals surface area contributed by atoms with Crippen LogP contribution in [0.2, 0.25) is 5.28 Å². The first kappa shape index (κ1) is 56.2. The van der Waals surface area contributed by atoms with Gasteiger partial charge in [0.2, 0.25) is 5.28 Å². The first-order valence-electron chi connectivity index (χ1n) is 31.3. The van der Waals surface area contributed by atoms with E-state index in [2.05, 4.69) is 262 Å². The van der Waals surface area contributed by atoms with Gasteiger partial charge in [-0.1, -0.05) is 294 Å². The van der Waals surface area contributed by atoms with E-state index < -0.39 is 0 Å². The number of fused-ring (bicyclic) bond motifs is 16. The summed E-state index contributed by atoms with van der Waals surface area (Å²) in [6.45, 7) is 11.5. The Morgan fingerprint density at radius 2 is 0.598 bits per heavy atom. The number of halogens is 1. The van der Waals surface area contributed by atoms with Gasteiger partial charge in [-0.05, 0) is 146 Å². The van der Waals surface area contributed by atoms with Gasteiger partial charge < -0.3 is 0 Å². The third-order valence-corrected chi connectivity index (χ3v) is 19.0. The van der Waals surface area contributed by atoms with Crippen LogP contribution in [0.15, 0.2) is 279 Å². The molecule has 16 aromatic rings. The molecule has 0 amide bonds. The number of rotatable bonds is 5. The summed E-state index contributed by atoms with van der Waals surface area (Å²) in [6, 6.07) is 98.4. The van der Waals surface area contributed by atoms with Gasteiger partial charge in [-0.3, -0.25) is 0 Å². The molecular weight excluding hydrogens is 1140 g/mol. The van der Waals surface area contributed by atoms with Crippen LogP contribution in [-0.4, -0.2) is 29.9 Å². The molecule has 14 aromatic carbocycles. The molecule has 2 heterocycles. The molecule has 0 fully saturated rings. The Labute approximate surface area is 539 Å². The van der Waals surface area contributed by atoms with Crippen molar-refractivity contribution < 1.29 is 0 Å². The topological polar surface area (TPSA) is 77.3 Å². The Bertz CT molecular complexity index is 5620. The first-order chi connectivity index (χ1) is 44.9. The molecule has 0 radical (unpaired) electrons. The van der Waals surface area contributed by atoms with Gasteiger partial charge in [-0.25, -0.2) is 19.9 Å². The van der Waals surface area contributed by atoms with E-state index in [-0.39, 0.29) is 16.1 Å².